The van der Waals surface area contributed by atoms with Crippen LogP contribution >= 0.6 is 0 Å². The Bertz CT molecular complexity index is 1500. The third kappa shape index (κ3) is 7.00. The molecule has 1 fully saturated rings. The van der Waals surface area contributed by atoms with Crippen LogP contribution in [0.15, 0.2) is 78.9 Å². The molecule has 210 valence electrons. The first-order chi connectivity index (χ1) is 19.9. The van der Waals surface area contributed by atoms with Gasteiger partial charge in [0.1, 0.15) is 17.3 Å². The molecule has 1 saturated heterocycles. The molecule has 1 amide bonds. The van der Waals surface area contributed by atoms with Crippen LogP contribution in [0.1, 0.15) is 41.5 Å². The lowest BCUT2D eigenvalue weighted by Gasteiger charge is -2.24. The van der Waals surface area contributed by atoms with E-state index >= 15 is 0 Å². The summed E-state index contributed by atoms with van der Waals surface area (Å²) in [5.74, 6) is 3.02. The molecular weight excluding hydrogens is 518 g/mol. The van der Waals surface area contributed by atoms with Gasteiger partial charge in [0, 0.05) is 51.8 Å². The fourth-order valence-electron chi connectivity index (χ4n) is 4.62. The summed E-state index contributed by atoms with van der Waals surface area (Å²) < 4.78 is 11.4. The van der Waals surface area contributed by atoms with Crippen molar-refractivity contribution in [3.05, 3.63) is 95.8 Å². The Morgan fingerprint density at radius 2 is 1.54 bits per heavy atom. The van der Waals surface area contributed by atoms with Crippen molar-refractivity contribution in [1.29, 1.82) is 0 Å². The molecule has 5 rings (SSSR count). The molecular formula is C32H33N5O4. The number of carbonyl (C=O) groups is 2. The number of nitrogens with one attached hydrogen (secondary N) is 1. The smallest absolute Gasteiger partial charge is 0.308 e. The third-order valence-corrected chi connectivity index (χ3v) is 6.62. The fraction of sp³-hybridized carbons (Fsp3) is 0.250. The van der Waals surface area contributed by atoms with Crippen LogP contribution in [0.5, 0.6) is 17.2 Å². The molecule has 2 heterocycles. The summed E-state index contributed by atoms with van der Waals surface area (Å²) in [4.78, 5) is 38.2. The van der Waals surface area contributed by atoms with Crippen LogP contribution < -0.4 is 24.6 Å². The van der Waals surface area contributed by atoms with E-state index in [-0.39, 0.29) is 5.91 Å². The number of anilines is 3. The molecule has 0 saturated carbocycles. The largest absolute Gasteiger partial charge is 0.457 e. The van der Waals surface area contributed by atoms with Crippen LogP contribution in [0.3, 0.4) is 0 Å². The molecule has 3 aromatic carbocycles. The molecule has 9 heteroatoms. The van der Waals surface area contributed by atoms with E-state index in [1.165, 1.54) is 6.92 Å². The van der Waals surface area contributed by atoms with Crippen molar-refractivity contribution in [3.8, 4) is 17.2 Å². The number of aromatic nitrogens is 2. The zero-order valence-corrected chi connectivity index (χ0v) is 23.5. The van der Waals surface area contributed by atoms with Gasteiger partial charge in [-0.05, 0) is 66.9 Å². The van der Waals surface area contributed by atoms with Gasteiger partial charge in [-0.3, -0.25) is 9.59 Å². The predicted molar refractivity (Wildman–Crippen MR) is 159 cm³/mol. The van der Waals surface area contributed by atoms with Crippen molar-refractivity contribution in [3.63, 3.8) is 0 Å². The number of nitrogens with zero attached hydrogens (tertiary/aromatic N) is 4. The topological polar surface area (TPSA) is 96.9 Å². The average molecular weight is 552 g/mol. The van der Waals surface area contributed by atoms with Gasteiger partial charge < -0.3 is 24.6 Å². The Labute approximate surface area is 239 Å². The summed E-state index contributed by atoms with van der Waals surface area (Å²) in [6.07, 6.45) is 2.61. The Morgan fingerprint density at radius 3 is 2.17 bits per heavy atom. The normalized spacial score (nSPS) is 12.6. The minimum Gasteiger partial charge on any atom is -0.457 e. The second-order valence-electron chi connectivity index (χ2n) is 10.1. The molecule has 0 unspecified atom stereocenters. The maximum Gasteiger partial charge on any atom is 0.308 e. The van der Waals surface area contributed by atoms with Gasteiger partial charge in [-0.1, -0.05) is 30.3 Å². The lowest BCUT2D eigenvalue weighted by Crippen LogP contribution is -2.24. The first-order valence-electron chi connectivity index (χ1n) is 13.6. The third-order valence-electron chi connectivity index (χ3n) is 6.62. The highest BCUT2D eigenvalue weighted by atomic mass is 16.5. The molecule has 1 N–H and O–H groups in total. The van der Waals surface area contributed by atoms with Gasteiger partial charge in [-0.2, -0.15) is 0 Å². The molecule has 0 spiro atoms. The average Bonchev–Trinajstić information content (AvgIpc) is 3.50. The molecule has 4 aromatic rings. The van der Waals surface area contributed by atoms with E-state index < -0.39 is 5.97 Å². The van der Waals surface area contributed by atoms with Crippen LogP contribution in [0.25, 0.3) is 0 Å². The lowest BCUT2D eigenvalue weighted by molar-refractivity contribution is -0.131. The number of hydrogen-bond donors (Lipinski definition) is 1. The van der Waals surface area contributed by atoms with Crippen molar-refractivity contribution in [2.45, 2.75) is 26.2 Å². The summed E-state index contributed by atoms with van der Waals surface area (Å²) in [5.41, 5.74) is 2.20. The number of ether oxygens (including phenoxy) is 2. The SMILES string of the molecule is CC(=O)Oc1c(N(C)C)nc(Cc2ccc(NC(=O)c3ccc(Oc4ccccc4)cc3)cc2)nc1N1CCCC1. The minimum absolute atomic E-state index is 0.209. The van der Waals surface area contributed by atoms with E-state index in [4.69, 9.17) is 19.4 Å². The van der Waals surface area contributed by atoms with Crippen LogP contribution in [-0.4, -0.2) is 49.0 Å². The highest BCUT2D eigenvalue weighted by Crippen LogP contribution is 2.37. The fourth-order valence-corrected chi connectivity index (χ4v) is 4.62. The molecule has 9 nitrogen and oxygen atoms in total. The number of hydrogen-bond acceptors (Lipinski definition) is 8. The highest BCUT2D eigenvalue weighted by Gasteiger charge is 2.25. The molecule has 0 bridgehead atoms. The van der Waals surface area contributed by atoms with Gasteiger partial charge in [0.2, 0.25) is 5.75 Å². The molecule has 0 aliphatic carbocycles. The Hall–Kier alpha value is -4.92. The number of rotatable bonds is 9. The van der Waals surface area contributed by atoms with Gasteiger partial charge in [0.05, 0.1) is 0 Å². The van der Waals surface area contributed by atoms with Crippen molar-refractivity contribution in [1.82, 2.24) is 9.97 Å². The molecule has 0 atom stereocenters. The van der Waals surface area contributed by atoms with E-state index in [1.54, 1.807) is 24.3 Å². The van der Waals surface area contributed by atoms with Crippen LogP contribution in [0, 0.1) is 0 Å². The second kappa shape index (κ2) is 12.5. The quantitative estimate of drug-likeness (QED) is 0.265. The highest BCUT2D eigenvalue weighted by molar-refractivity contribution is 6.04. The van der Waals surface area contributed by atoms with Gasteiger partial charge in [-0.15, -0.1) is 0 Å². The van der Waals surface area contributed by atoms with Crippen molar-refractivity contribution >= 4 is 29.2 Å². The zero-order chi connectivity index (χ0) is 28.8. The summed E-state index contributed by atoms with van der Waals surface area (Å²) in [6, 6.07) is 24.1. The van der Waals surface area contributed by atoms with Gasteiger partial charge in [0.25, 0.3) is 5.91 Å². The van der Waals surface area contributed by atoms with E-state index in [2.05, 4.69) is 10.2 Å². The van der Waals surface area contributed by atoms with Crippen LogP contribution in [0.4, 0.5) is 17.3 Å². The summed E-state index contributed by atoms with van der Waals surface area (Å²) in [7, 11) is 3.74. The Kier molecular flexibility index (Phi) is 8.43. The Balaban J connectivity index is 1.27. The molecule has 1 aromatic heterocycles. The van der Waals surface area contributed by atoms with E-state index in [0.29, 0.717) is 46.6 Å². The van der Waals surface area contributed by atoms with Gasteiger partial charge in [-0.25, -0.2) is 9.97 Å². The maximum absolute atomic E-state index is 12.8. The number of para-hydroxylation sites is 1. The minimum atomic E-state index is -0.404. The van der Waals surface area contributed by atoms with Gasteiger partial charge in [0.15, 0.2) is 11.6 Å². The van der Waals surface area contributed by atoms with Crippen LogP contribution in [-0.2, 0) is 11.2 Å². The zero-order valence-electron chi connectivity index (χ0n) is 23.5. The molecule has 1 aliphatic rings. The van der Waals surface area contributed by atoms with E-state index in [0.717, 1.165) is 37.2 Å². The van der Waals surface area contributed by atoms with Crippen molar-refractivity contribution in [2.75, 3.05) is 42.3 Å². The van der Waals surface area contributed by atoms with Crippen molar-refractivity contribution < 1.29 is 19.1 Å². The van der Waals surface area contributed by atoms with Gasteiger partial charge >= 0.3 is 5.97 Å². The first-order valence-corrected chi connectivity index (χ1v) is 13.6. The summed E-state index contributed by atoms with van der Waals surface area (Å²) >= 11 is 0. The summed E-state index contributed by atoms with van der Waals surface area (Å²) in [6.45, 7) is 3.10. The Morgan fingerprint density at radius 1 is 0.878 bits per heavy atom. The predicted octanol–water partition coefficient (Wildman–Crippen LogP) is 5.70. The molecule has 1 aliphatic heterocycles. The van der Waals surface area contributed by atoms with Crippen LogP contribution in [0.2, 0.25) is 0 Å². The number of amides is 1. The number of esters is 1. The number of benzene rings is 3. The molecule has 0 radical (unpaired) electrons. The van der Waals surface area contributed by atoms with E-state index in [9.17, 15) is 9.59 Å². The number of carbonyl (C=O) groups excluding carboxylic acids is 2. The molecule has 41 heavy (non-hydrogen) atoms. The lowest BCUT2D eigenvalue weighted by atomic mass is 10.1. The standard InChI is InChI=1S/C32H33N5O4/c1-22(38)40-29-30(36(2)3)34-28(35-31(29)37-19-7-8-20-37)21-23-11-15-25(16-12-23)33-32(39)24-13-17-27(18-14-24)41-26-9-5-4-6-10-26/h4-6,9-18H,7-8,19-21H2,1-3H3,(H,33,39). The van der Waals surface area contributed by atoms with Crippen molar-refractivity contribution in [2.24, 2.45) is 0 Å². The first kappa shape index (κ1) is 27.6. The monoisotopic (exact) mass is 551 g/mol. The summed E-state index contributed by atoms with van der Waals surface area (Å²) in [5, 5.41) is 2.94. The maximum atomic E-state index is 12.8. The second-order valence-corrected chi connectivity index (χ2v) is 10.1. The van der Waals surface area contributed by atoms with E-state index in [1.807, 2.05) is 73.6 Å².